The summed E-state index contributed by atoms with van der Waals surface area (Å²) in [5.41, 5.74) is 0.273. The molecule has 1 heterocycles. The van der Waals surface area contributed by atoms with Crippen LogP contribution in [0.5, 0.6) is 0 Å². The maximum atomic E-state index is 11.5. The fraction of sp³-hybridized carbons (Fsp3) is 0. The predicted octanol–water partition coefficient (Wildman–Crippen LogP) is -2.98. The van der Waals surface area contributed by atoms with Crippen LogP contribution < -0.4 is 62.8 Å². The molecule has 0 aliphatic carbocycles. The number of nitrogen functional groups attached to an aromatic ring is 1. The smallest absolute Gasteiger partial charge is 0.740 e. The van der Waals surface area contributed by atoms with Gasteiger partial charge in [0.15, 0.2) is 0 Å². The van der Waals surface area contributed by atoms with Crippen LogP contribution in [0.3, 0.4) is 0 Å². The van der Waals surface area contributed by atoms with Crippen LogP contribution in [0.25, 0.3) is 10.9 Å². The van der Waals surface area contributed by atoms with Crippen molar-refractivity contribution in [1.82, 2.24) is 9.66 Å². The van der Waals surface area contributed by atoms with Crippen molar-refractivity contribution >= 4 is 23.5 Å². The minimum Gasteiger partial charge on any atom is -0.740 e. The second-order valence-electron chi connectivity index (χ2n) is 2.59. The third kappa shape index (κ3) is 2.00. The normalized spacial score (nSPS) is 9.71. The van der Waals surface area contributed by atoms with E-state index in [0.717, 1.165) is 4.68 Å². The van der Waals surface area contributed by atoms with Crippen molar-refractivity contribution in [2.45, 2.75) is 5.16 Å². The van der Waals surface area contributed by atoms with Gasteiger partial charge in [0.1, 0.15) is 0 Å². The van der Waals surface area contributed by atoms with E-state index in [1.165, 1.54) is 0 Å². The average molecular weight is 231 g/mol. The van der Waals surface area contributed by atoms with E-state index in [-0.39, 0.29) is 62.1 Å². The molecular formula is C8H6KN3OS. The summed E-state index contributed by atoms with van der Waals surface area (Å²) in [5.74, 6) is 5.39. The van der Waals surface area contributed by atoms with E-state index in [2.05, 4.69) is 4.98 Å². The zero-order chi connectivity index (χ0) is 9.42. The number of para-hydroxylation sites is 1. The first-order chi connectivity index (χ1) is 6.20. The third-order valence-electron chi connectivity index (χ3n) is 1.78. The van der Waals surface area contributed by atoms with Gasteiger partial charge < -0.3 is 18.5 Å². The molecular weight excluding hydrogens is 225 g/mol. The van der Waals surface area contributed by atoms with Crippen LogP contribution in [0.4, 0.5) is 0 Å². The summed E-state index contributed by atoms with van der Waals surface area (Å²) in [6.45, 7) is 0. The Kier molecular flexibility index (Phi) is 4.05. The van der Waals surface area contributed by atoms with Crippen molar-refractivity contribution in [1.29, 1.82) is 0 Å². The van der Waals surface area contributed by atoms with Gasteiger partial charge in [-0.05, 0) is 12.1 Å². The van der Waals surface area contributed by atoms with E-state index in [1.807, 2.05) is 0 Å². The van der Waals surface area contributed by atoms with E-state index in [1.54, 1.807) is 24.3 Å². The van der Waals surface area contributed by atoms with E-state index in [9.17, 15) is 4.79 Å². The minimum absolute atomic E-state index is 0. The molecule has 0 bridgehead atoms. The van der Waals surface area contributed by atoms with Crippen molar-refractivity contribution in [2.75, 3.05) is 5.84 Å². The molecule has 0 saturated heterocycles. The van der Waals surface area contributed by atoms with E-state index in [4.69, 9.17) is 18.5 Å². The van der Waals surface area contributed by atoms with Crippen molar-refractivity contribution in [3.63, 3.8) is 0 Å². The first kappa shape index (κ1) is 12.1. The van der Waals surface area contributed by atoms with Gasteiger partial charge >= 0.3 is 51.4 Å². The molecule has 2 rings (SSSR count). The van der Waals surface area contributed by atoms with Crippen molar-refractivity contribution < 1.29 is 51.4 Å². The second kappa shape index (κ2) is 4.69. The Hall–Kier alpha value is 0.0164. The van der Waals surface area contributed by atoms with E-state index >= 15 is 0 Å². The zero-order valence-electron chi connectivity index (χ0n) is 7.60. The molecule has 0 fully saturated rings. The number of nitrogens with two attached hydrogens (primary N) is 1. The van der Waals surface area contributed by atoms with Gasteiger partial charge in [-0.25, -0.2) is 4.68 Å². The number of hydrogen-bond acceptors (Lipinski definition) is 4. The summed E-state index contributed by atoms with van der Waals surface area (Å²) in [6, 6.07) is 6.95. The molecule has 66 valence electrons. The number of nitrogens with zero attached hydrogens (tertiary/aromatic N) is 2. The summed E-state index contributed by atoms with van der Waals surface area (Å²) in [7, 11) is 0. The molecule has 1 aromatic heterocycles. The molecule has 1 aromatic carbocycles. The largest absolute Gasteiger partial charge is 1.00 e. The van der Waals surface area contributed by atoms with Crippen LogP contribution in [0.15, 0.2) is 34.2 Å². The molecule has 2 aromatic rings. The van der Waals surface area contributed by atoms with Crippen molar-refractivity contribution in [3.05, 3.63) is 34.6 Å². The van der Waals surface area contributed by atoms with E-state index in [0.29, 0.717) is 10.9 Å². The summed E-state index contributed by atoms with van der Waals surface area (Å²) in [6.07, 6.45) is 0. The Morgan fingerprint density at radius 2 is 2.00 bits per heavy atom. The van der Waals surface area contributed by atoms with Crippen molar-refractivity contribution in [3.8, 4) is 0 Å². The maximum absolute atomic E-state index is 11.5. The molecule has 14 heavy (non-hydrogen) atoms. The van der Waals surface area contributed by atoms with E-state index < -0.39 is 0 Å². The number of hydrogen-bond donors (Lipinski definition) is 1. The van der Waals surface area contributed by atoms with Gasteiger partial charge in [-0.2, -0.15) is 0 Å². The van der Waals surface area contributed by atoms with Crippen LogP contribution in [0.2, 0.25) is 0 Å². The van der Waals surface area contributed by atoms with Crippen LogP contribution in [0.1, 0.15) is 0 Å². The fourth-order valence-corrected chi connectivity index (χ4v) is 1.31. The van der Waals surface area contributed by atoms with Gasteiger partial charge in [0.2, 0.25) is 0 Å². The SMILES string of the molecule is Nn1c([S-])nc2ccccc2c1=O.[K+]. The van der Waals surface area contributed by atoms with Crippen LogP contribution in [-0.4, -0.2) is 9.66 Å². The predicted molar refractivity (Wildman–Crippen MR) is 51.8 cm³/mol. The molecule has 0 aliphatic rings. The summed E-state index contributed by atoms with van der Waals surface area (Å²) in [4.78, 5) is 15.5. The molecule has 0 aliphatic heterocycles. The standard InChI is InChI=1S/C8H7N3OS.K/c9-11-7(12)5-3-1-2-4-6(5)10-8(11)13;/h1-4H,9H2,(H,10,13);/q;+1/p-1. The van der Waals surface area contributed by atoms with Crippen LogP contribution >= 0.6 is 0 Å². The number of benzene rings is 1. The zero-order valence-corrected chi connectivity index (χ0v) is 11.5. The van der Waals surface area contributed by atoms with Crippen molar-refractivity contribution in [2.24, 2.45) is 0 Å². The van der Waals surface area contributed by atoms with Gasteiger partial charge in [-0.15, -0.1) is 0 Å². The molecule has 0 atom stereocenters. The van der Waals surface area contributed by atoms with Gasteiger partial charge in [0.25, 0.3) is 5.56 Å². The summed E-state index contributed by atoms with van der Waals surface area (Å²) < 4.78 is 0.873. The third-order valence-corrected chi connectivity index (χ3v) is 2.06. The average Bonchev–Trinajstić information content (AvgIpc) is 2.15. The summed E-state index contributed by atoms with van der Waals surface area (Å²) in [5, 5.41) is 0.585. The van der Waals surface area contributed by atoms with Crippen LogP contribution in [-0.2, 0) is 12.6 Å². The quantitative estimate of drug-likeness (QED) is 0.227. The Bertz CT molecular complexity index is 525. The van der Waals surface area contributed by atoms with Gasteiger partial charge in [-0.3, -0.25) is 9.78 Å². The molecule has 6 heteroatoms. The Balaban J connectivity index is 0.000000980. The monoisotopic (exact) mass is 231 g/mol. The topological polar surface area (TPSA) is 60.9 Å². The molecule has 0 spiro atoms. The van der Waals surface area contributed by atoms with Gasteiger partial charge in [-0.1, -0.05) is 12.1 Å². The fourth-order valence-electron chi connectivity index (χ4n) is 1.13. The summed E-state index contributed by atoms with van der Waals surface area (Å²) >= 11 is 4.80. The molecule has 2 N–H and O–H groups in total. The van der Waals surface area contributed by atoms with Gasteiger partial charge in [0.05, 0.1) is 10.9 Å². The Morgan fingerprint density at radius 1 is 1.36 bits per heavy atom. The Labute approximate surface area is 128 Å². The number of fused-ring (bicyclic) bond motifs is 1. The number of aromatic nitrogens is 2. The molecule has 4 nitrogen and oxygen atoms in total. The molecule has 0 radical (unpaired) electrons. The molecule has 0 amide bonds. The first-order valence-corrected chi connectivity index (χ1v) is 4.05. The molecule has 0 unspecified atom stereocenters. The van der Waals surface area contributed by atoms with Crippen LogP contribution in [0, 0.1) is 0 Å². The van der Waals surface area contributed by atoms with Gasteiger partial charge in [0, 0.05) is 5.16 Å². The first-order valence-electron chi connectivity index (χ1n) is 3.64. The minimum atomic E-state index is -0.310. The number of rotatable bonds is 0. The molecule has 0 saturated carbocycles. The maximum Gasteiger partial charge on any atom is 1.00 e. The Morgan fingerprint density at radius 3 is 2.71 bits per heavy atom. The second-order valence-corrected chi connectivity index (χ2v) is 2.95.